The first kappa shape index (κ1) is 25.0. The molecule has 4 saturated carbocycles. The fourth-order valence-electron chi connectivity index (χ4n) is 7.04. The van der Waals surface area contributed by atoms with Gasteiger partial charge in [0, 0.05) is 0 Å². The number of hydrogen-bond acceptors (Lipinski definition) is 7. The maximum atomic E-state index is 13.4. The highest BCUT2D eigenvalue weighted by Crippen LogP contribution is 2.60. The predicted molar refractivity (Wildman–Crippen MR) is 144 cm³/mol. The van der Waals surface area contributed by atoms with E-state index in [1.165, 1.54) is 31.3 Å². The molecule has 7 nitrogen and oxygen atoms in total. The summed E-state index contributed by atoms with van der Waals surface area (Å²) in [6.45, 7) is 0.381. The molecule has 0 atom stereocenters. The number of esters is 1. The number of benzene rings is 2. The first-order valence-electron chi connectivity index (χ1n) is 13.3. The van der Waals surface area contributed by atoms with E-state index in [0.717, 1.165) is 31.0 Å². The first-order chi connectivity index (χ1) is 18.4. The Hall–Kier alpha value is -3.26. The molecule has 198 valence electrons. The molecule has 0 radical (unpaired) electrons. The Kier molecular flexibility index (Phi) is 6.68. The number of carbonyl (C=O) groups is 3. The Morgan fingerprint density at radius 3 is 2.34 bits per heavy atom. The second-order valence-corrected chi connectivity index (χ2v) is 12.0. The minimum absolute atomic E-state index is 0.138. The number of nitrogens with zero attached hydrogens (tertiary/aromatic N) is 1. The van der Waals surface area contributed by atoms with Gasteiger partial charge in [0.15, 0.2) is 11.5 Å². The van der Waals surface area contributed by atoms with Crippen LogP contribution in [0, 0.1) is 23.2 Å². The van der Waals surface area contributed by atoms with Crippen LogP contribution < -0.4 is 14.2 Å². The minimum atomic E-state index is -0.360. The Bertz CT molecular complexity index is 1250. The van der Waals surface area contributed by atoms with Crippen LogP contribution in [0.4, 0.5) is 4.79 Å². The van der Waals surface area contributed by atoms with Gasteiger partial charge in [0.1, 0.15) is 12.4 Å². The third-order valence-electron chi connectivity index (χ3n) is 8.36. The minimum Gasteiger partial charge on any atom is -0.493 e. The van der Waals surface area contributed by atoms with Crippen molar-refractivity contribution in [3.63, 3.8) is 0 Å². The normalized spacial score (nSPS) is 28.7. The van der Waals surface area contributed by atoms with Gasteiger partial charge < -0.3 is 14.2 Å². The summed E-state index contributed by atoms with van der Waals surface area (Å²) in [5.41, 5.74) is 0.323. The van der Waals surface area contributed by atoms with Gasteiger partial charge in [-0.25, -0.2) is 0 Å². The van der Waals surface area contributed by atoms with Gasteiger partial charge in [-0.05, 0) is 104 Å². The monoisotopic (exact) mass is 533 g/mol. The molecule has 8 heteroatoms. The van der Waals surface area contributed by atoms with Gasteiger partial charge in [-0.3, -0.25) is 19.3 Å². The summed E-state index contributed by atoms with van der Waals surface area (Å²) in [6.07, 6.45) is 8.25. The Morgan fingerprint density at radius 2 is 1.68 bits per heavy atom. The van der Waals surface area contributed by atoms with E-state index in [9.17, 15) is 14.4 Å². The van der Waals surface area contributed by atoms with Crippen LogP contribution in [-0.4, -0.2) is 42.3 Å². The molecule has 38 heavy (non-hydrogen) atoms. The van der Waals surface area contributed by atoms with Crippen LogP contribution in [0.25, 0.3) is 6.08 Å². The smallest absolute Gasteiger partial charge is 0.317 e. The summed E-state index contributed by atoms with van der Waals surface area (Å²) >= 11 is 0.900. The lowest BCUT2D eigenvalue weighted by Crippen LogP contribution is -2.51. The number of imide groups is 1. The molecule has 1 heterocycles. The van der Waals surface area contributed by atoms with Crippen molar-refractivity contribution < 1.29 is 28.6 Å². The van der Waals surface area contributed by atoms with Crippen molar-refractivity contribution in [2.75, 3.05) is 20.3 Å². The highest BCUT2D eigenvalue weighted by atomic mass is 32.2. The molecule has 2 amide bonds. The van der Waals surface area contributed by atoms with E-state index >= 15 is 0 Å². The molecule has 1 saturated heterocycles. The maximum Gasteiger partial charge on any atom is 0.317 e. The standard InChI is InChI=1S/C30H31NO6S/c1-35-25-14-19(15-26-27(32)31(29(34)38-26)9-10-36-23-5-3-2-4-6-23)7-8-24(25)37-28(33)30-16-20-11-21(17-30)13-22(12-20)18-30/h2-8,14-15,20-22H,9-13,16-18H2,1H3/b26-15-. The van der Waals surface area contributed by atoms with Crippen LogP contribution >= 0.6 is 11.8 Å². The lowest BCUT2D eigenvalue weighted by atomic mass is 9.49. The molecule has 4 aliphatic carbocycles. The topological polar surface area (TPSA) is 82.1 Å². The maximum absolute atomic E-state index is 13.4. The van der Waals surface area contributed by atoms with E-state index < -0.39 is 0 Å². The Morgan fingerprint density at radius 1 is 1.00 bits per heavy atom. The zero-order valence-corrected chi connectivity index (χ0v) is 22.2. The molecule has 0 spiro atoms. The van der Waals surface area contributed by atoms with Gasteiger partial charge in [0.2, 0.25) is 0 Å². The zero-order valence-electron chi connectivity index (χ0n) is 21.4. The number of methoxy groups -OCH3 is 1. The van der Waals surface area contributed by atoms with Crippen molar-refractivity contribution in [3.8, 4) is 17.2 Å². The van der Waals surface area contributed by atoms with Crippen LogP contribution in [0.2, 0.25) is 0 Å². The summed E-state index contributed by atoms with van der Waals surface area (Å²) in [6, 6.07) is 14.5. The van der Waals surface area contributed by atoms with Crippen molar-refractivity contribution in [3.05, 3.63) is 59.0 Å². The van der Waals surface area contributed by atoms with Gasteiger partial charge in [-0.2, -0.15) is 0 Å². The average molecular weight is 534 g/mol. The fourth-order valence-corrected chi connectivity index (χ4v) is 7.91. The molecular formula is C30H31NO6S. The average Bonchev–Trinajstić information content (AvgIpc) is 3.16. The lowest BCUT2D eigenvalue weighted by Gasteiger charge is -2.55. The number of hydrogen-bond donors (Lipinski definition) is 0. The summed E-state index contributed by atoms with van der Waals surface area (Å²) < 4.78 is 17.1. The van der Waals surface area contributed by atoms with Crippen LogP contribution in [0.3, 0.4) is 0 Å². The van der Waals surface area contributed by atoms with Crippen LogP contribution in [0.1, 0.15) is 44.1 Å². The molecule has 2 aromatic rings. The molecular weight excluding hydrogens is 502 g/mol. The lowest BCUT2D eigenvalue weighted by molar-refractivity contribution is -0.161. The van der Waals surface area contributed by atoms with Crippen molar-refractivity contribution in [1.82, 2.24) is 4.90 Å². The second kappa shape index (κ2) is 10.1. The number of rotatable bonds is 8. The van der Waals surface area contributed by atoms with Crippen molar-refractivity contribution in [2.24, 2.45) is 23.2 Å². The quantitative estimate of drug-likeness (QED) is 0.236. The number of amides is 2. The van der Waals surface area contributed by atoms with Crippen LogP contribution in [0.5, 0.6) is 17.2 Å². The molecule has 7 rings (SSSR count). The summed E-state index contributed by atoms with van der Waals surface area (Å²) in [5.74, 6) is 2.96. The van der Waals surface area contributed by atoms with E-state index in [-0.39, 0.29) is 35.7 Å². The Balaban J connectivity index is 1.12. The SMILES string of the molecule is COc1cc(/C=C2\SC(=O)N(CCOc3ccccc3)C2=O)ccc1OC(=O)C12CC3CC(CC(C3)C1)C2. The molecule has 4 bridgehead atoms. The van der Waals surface area contributed by atoms with Gasteiger partial charge in [0.25, 0.3) is 11.1 Å². The van der Waals surface area contributed by atoms with Crippen molar-refractivity contribution in [1.29, 1.82) is 0 Å². The van der Waals surface area contributed by atoms with E-state index in [2.05, 4.69) is 0 Å². The highest BCUT2D eigenvalue weighted by molar-refractivity contribution is 8.18. The number of carbonyl (C=O) groups excluding carboxylic acids is 3. The highest BCUT2D eigenvalue weighted by Gasteiger charge is 2.55. The van der Waals surface area contributed by atoms with Gasteiger partial charge >= 0.3 is 5.97 Å². The summed E-state index contributed by atoms with van der Waals surface area (Å²) in [5, 5.41) is -0.328. The Labute approximate surface area is 226 Å². The first-order valence-corrected chi connectivity index (χ1v) is 14.1. The van der Waals surface area contributed by atoms with Gasteiger partial charge in [0.05, 0.1) is 24.0 Å². The van der Waals surface area contributed by atoms with E-state index in [4.69, 9.17) is 14.2 Å². The third-order valence-corrected chi connectivity index (χ3v) is 9.27. The molecule has 5 aliphatic rings. The molecule has 1 aliphatic heterocycles. The summed E-state index contributed by atoms with van der Waals surface area (Å²) in [4.78, 5) is 40.3. The van der Waals surface area contributed by atoms with E-state index in [1.807, 2.05) is 30.3 Å². The number of para-hydroxylation sites is 1. The molecule has 2 aromatic carbocycles. The molecule has 0 N–H and O–H groups in total. The van der Waals surface area contributed by atoms with E-state index in [0.29, 0.717) is 45.5 Å². The van der Waals surface area contributed by atoms with Crippen LogP contribution in [0.15, 0.2) is 53.4 Å². The second-order valence-electron chi connectivity index (χ2n) is 11.0. The van der Waals surface area contributed by atoms with Crippen molar-refractivity contribution >= 4 is 35.0 Å². The van der Waals surface area contributed by atoms with Crippen LogP contribution in [-0.2, 0) is 9.59 Å². The van der Waals surface area contributed by atoms with Gasteiger partial charge in [-0.15, -0.1) is 0 Å². The number of ether oxygens (including phenoxy) is 3. The van der Waals surface area contributed by atoms with Gasteiger partial charge in [-0.1, -0.05) is 24.3 Å². The third kappa shape index (κ3) is 4.82. The fraction of sp³-hybridized carbons (Fsp3) is 0.433. The van der Waals surface area contributed by atoms with E-state index in [1.54, 1.807) is 24.3 Å². The molecule has 0 unspecified atom stereocenters. The van der Waals surface area contributed by atoms with Crippen molar-refractivity contribution in [2.45, 2.75) is 38.5 Å². The predicted octanol–water partition coefficient (Wildman–Crippen LogP) is 5.93. The number of thioether (sulfide) groups is 1. The largest absolute Gasteiger partial charge is 0.493 e. The summed E-state index contributed by atoms with van der Waals surface area (Å²) in [7, 11) is 1.53. The molecule has 0 aromatic heterocycles. The molecule has 5 fully saturated rings. The zero-order chi connectivity index (χ0) is 26.3.